The smallest absolute Gasteiger partial charge is 0.233 e. The van der Waals surface area contributed by atoms with E-state index in [1.807, 2.05) is 11.4 Å². The van der Waals surface area contributed by atoms with Crippen molar-refractivity contribution >= 4 is 22.4 Å². The molecule has 1 aliphatic carbocycles. The normalized spacial score (nSPS) is 19.5. The fraction of sp³-hybridized carbons (Fsp3) is 0.214. The van der Waals surface area contributed by atoms with Crippen LogP contribution in [0.15, 0.2) is 90.4 Å². The first-order valence-electron chi connectivity index (χ1n) is 11.0. The Morgan fingerprint density at radius 2 is 1.72 bits per heavy atom. The second-order valence-electron chi connectivity index (χ2n) is 8.75. The zero-order valence-corrected chi connectivity index (χ0v) is 18.9. The van der Waals surface area contributed by atoms with Gasteiger partial charge in [0.2, 0.25) is 5.91 Å². The molecule has 0 radical (unpaired) electrons. The van der Waals surface area contributed by atoms with Crippen LogP contribution in [0.5, 0.6) is 0 Å². The van der Waals surface area contributed by atoms with Gasteiger partial charge in [-0.05, 0) is 54.0 Å². The molecule has 0 bridgehead atoms. The minimum Gasteiger partial charge on any atom is -0.301 e. The Balaban J connectivity index is 1.48. The summed E-state index contributed by atoms with van der Waals surface area (Å²) in [6.45, 7) is 2.09. The molecule has 0 saturated carbocycles. The molecule has 5 rings (SSSR count). The SMILES string of the molecule is C[C@]1(C(=O)Nc2nccs2)Cc2ccc(CCc3ccccc3)cc2[C@H]1c1ccccc1. The van der Waals surface area contributed by atoms with Crippen LogP contribution >= 0.6 is 11.3 Å². The van der Waals surface area contributed by atoms with Crippen LogP contribution in [0.2, 0.25) is 0 Å². The van der Waals surface area contributed by atoms with Crippen LogP contribution in [0.25, 0.3) is 0 Å². The number of nitrogens with zero attached hydrogens (tertiary/aromatic N) is 1. The molecular weight excluding hydrogens is 412 g/mol. The minimum atomic E-state index is -0.576. The Hall–Kier alpha value is -3.24. The molecule has 160 valence electrons. The van der Waals surface area contributed by atoms with Gasteiger partial charge in [-0.3, -0.25) is 4.79 Å². The largest absolute Gasteiger partial charge is 0.301 e. The lowest BCUT2D eigenvalue weighted by Gasteiger charge is -2.31. The first-order valence-corrected chi connectivity index (χ1v) is 11.9. The Kier molecular flexibility index (Phi) is 5.62. The predicted octanol–water partition coefficient (Wildman–Crippen LogP) is 6.26. The van der Waals surface area contributed by atoms with E-state index in [-0.39, 0.29) is 11.8 Å². The maximum absolute atomic E-state index is 13.5. The molecule has 32 heavy (non-hydrogen) atoms. The molecule has 1 amide bonds. The van der Waals surface area contributed by atoms with Gasteiger partial charge in [0.25, 0.3) is 0 Å². The summed E-state index contributed by atoms with van der Waals surface area (Å²) in [6, 6.07) is 27.8. The minimum absolute atomic E-state index is 0.00957. The van der Waals surface area contributed by atoms with Crippen LogP contribution in [-0.4, -0.2) is 10.9 Å². The van der Waals surface area contributed by atoms with Gasteiger partial charge in [-0.1, -0.05) is 78.9 Å². The van der Waals surface area contributed by atoms with Gasteiger partial charge >= 0.3 is 0 Å². The highest BCUT2D eigenvalue weighted by atomic mass is 32.1. The zero-order valence-electron chi connectivity index (χ0n) is 18.1. The highest BCUT2D eigenvalue weighted by Crippen LogP contribution is 2.51. The van der Waals surface area contributed by atoms with Gasteiger partial charge in [-0.25, -0.2) is 4.98 Å². The van der Waals surface area contributed by atoms with E-state index in [4.69, 9.17) is 0 Å². The molecule has 2 atom stereocenters. The van der Waals surface area contributed by atoms with Gasteiger partial charge in [0.15, 0.2) is 5.13 Å². The number of hydrogen-bond donors (Lipinski definition) is 1. The van der Waals surface area contributed by atoms with Crippen LogP contribution in [-0.2, 0) is 24.1 Å². The van der Waals surface area contributed by atoms with Crippen LogP contribution in [0.1, 0.15) is 40.7 Å². The molecule has 0 aliphatic heterocycles. The number of aryl methyl sites for hydroxylation is 2. The number of benzene rings is 3. The number of carbonyl (C=O) groups is 1. The Bertz CT molecular complexity index is 1200. The quantitative estimate of drug-likeness (QED) is 0.386. The second kappa shape index (κ2) is 8.71. The van der Waals surface area contributed by atoms with Crippen LogP contribution in [0, 0.1) is 5.41 Å². The van der Waals surface area contributed by atoms with Gasteiger partial charge in [0.05, 0.1) is 5.41 Å². The van der Waals surface area contributed by atoms with E-state index in [0.717, 1.165) is 19.3 Å². The number of carbonyl (C=O) groups excluding carboxylic acids is 1. The van der Waals surface area contributed by atoms with E-state index < -0.39 is 5.41 Å². The number of aromatic nitrogens is 1. The Labute approximate surface area is 193 Å². The Morgan fingerprint density at radius 3 is 2.44 bits per heavy atom. The summed E-state index contributed by atoms with van der Waals surface area (Å²) in [4.78, 5) is 17.8. The zero-order chi connectivity index (χ0) is 22.0. The van der Waals surface area contributed by atoms with Gasteiger partial charge in [0.1, 0.15) is 0 Å². The van der Waals surface area contributed by atoms with Gasteiger partial charge in [-0.2, -0.15) is 0 Å². The third-order valence-corrected chi connectivity index (χ3v) is 7.25. The van der Waals surface area contributed by atoms with Crippen molar-refractivity contribution in [3.63, 3.8) is 0 Å². The number of thiazole rings is 1. The van der Waals surface area contributed by atoms with E-state index in [9.17, 15) is 4.79 Å². The van der Waals surface area contributed by atoms with Gasteiger partial charge in [0, 0.05) is 17.5 Å². The van der Waals surface area contributed by atoms with Crippen LogP contribution in [0.4, 0.5) is 5.13 Å². The van der Waals surface area contributed by atoms with Crippen molar-refractivity contribution in [3.8, 4) is 0 Å². The molecule has 1 aromatic heterocycles. The maximum Gasteiger partial charge on any atom is 0.233 e. The summed E-state index contributed by atoms with van der Waals surface area (Å²) in [6.07, 6.45) is 4.44. The summed E-state index contributed by atoms with van der Waals surface area (Å²) in [5.74, 6) is 0.0404. The predicted molar refractivity (Wildman–Crippen MR) is 131 cm³/mol. The fourth-order valence-electron chi connectivity index (χ4n) is 4.93. The third kappa shape index (κ3) is 3.98. The van der Waals surface area contributed by atoms with Crippen molar-refractivity contribution < 1.29 is 4.79 Å². The lowest BCUT2D eigenvalue weighted by molar-refractivity contribution is -0.125. The number of hydrogen-bond acceptors (Lipinski definition) is 3. The van der Waals surface area contributed by atoms with Crippen molar-refractivity contribution in [2.75, 3.05) is 5.32 Å². The average Bonchev–Trinajstić information content (AvgIpc) is 3.44. The van der Waals surface area contributed by atoms with Crippen LogP contribution < -0.4 is 5.32 Å². The van der Waals surface area contributed by atoms with Gasteiger partial charge < -0.3 is 5.32 Å². The molecule has 0 saturated heterocycles. The molecule has 3 aromatic carbocycles. The fourth-order valence-corrected chi connectivity index (χ4v) is 5.46. The number of fused-ring (bicyclic) bond motifs is 1. The van der Waals surface area contributed by atoms with Crippen molar-refractivity contribution in [2.45, 2.75) is 32.1 Å². The van der Waals surface area contributed by atoms with E-state index in [1.165, 1.54) is 39.2 Å². The summed E-state index contributed by atoms with van der Waals surface area (Å²) < 4.78 is 0. The lowest BCUT2D eigenvalue weighted by atomic mass is 9.73. The van der Waals surface area contributed by atoms with Crippen molar-refractivity contribution in [1.29, 1.82) is 0 Å². The van der Waals surface area contributed by atoms with Crippen molar-refractivity contribution in [2.24, 2.45) is 5.41 Å². The topological polar surface area (TPSA) is 42.0 Å². The number of anilines is 1. The summed E-state index contributed by atoms with van der Waals surface area (Å²) >= 11 is 1.45. The highest BCUT2D eigenvalue weighted by Gasteiger charge is 2.48. The Morgan fingerprint density at radius 1 is 1.00 bits per heavy atom. The molecule has 1 N–H and O–H groups in total. The molecule has 0 unspecified atom stereocenters. The van der Waals surface area contributed by atoms with E-state index in [2.05, 4.69) is 90.0 Å². The number of amides is 1. The second-order valence-corrected chi connectivity index (χ2v) is 9.64. The third-order valence-electron chi connectivity index (χ3n) is 6.57. The summed E-state index contributed by atoms with van der Waals surface area (Å²) in [7, 11) is 0. The lowest BCUT2D eigenvalue weighted by Crippen LogP contribution is -2.37. The highest BCUT2D eigenvalue weighted by molar-refractivity contribution is 7.13. The molecule has 3 nitrogen and oxygen atoms in total. The number of rotatable bonds is 6. The van der Waals surface area contributed by atoms with E-state index in [0.29, 0.717) is 5.13 Å². The molecule has 4 heteroatoms. The monoisotopic (exact) mass is 438 g/mol. The van der Waals surface area contributed by atoms with E-state index >= 15 is 0 Å². The number of nitrogens with one attached hydrogen (secondary N) is 1. The molecule has 1 heterocycles. The van der Waals surface area contributed by atoms with Crippen molar-refractivity contribution in [3.05, 3.63) is 118 Å². The van der Waals surface area contributed by atoms with Gasteiger partial charge in [-0.15, -0.1) is 11.3 Å². The van der Waals surface area contributed by atoms with E-state index in [1.54, 1.807) is 6.20 Å². The van der Waals surface area contributed by atoms with Crippen LogP contribution in [0.3, 0.4) is 0 Å². The molecule has 1 aliphatic rings. The molecular formula is C28H26N2OS. The molecule has 0 fully saturated rings. The summed E-state index contributed by atoms with van der Waals surface area (Å²) in [5, 5.41) is 5.61. The average molecular weight is 439 g/mol. The summed E-state index contributed by atoms with van der Waals surface area (Å²) in [5.41, 5.74) is 5.81. The standard InChI is InChI=1S/C28H26N2OS/c1-28(26(31)30-27-29-16-17-32-27)19-23-15-14-21(13-12-20-8-4-2-5-9-20)18-24(23)25(28)22-10-6-3-7-11-22/h2-11,14-18,25H,12-13,19H2,1H3,(H,29,30,31)/t25-,28+/m1/s1. The first kappa shape index (κ1) is 20.7. The molecule has 4 aromatic rings. The molecule has 0 spiro atoms. The maximum atomic E-state index is 13.5. The first-order chi connectivity index (χ1) is 15.6. The van der Waals surface area contributed by atoms with Crippen molar-refractivity contribution in [1.82, 2.24) is 4.98 Å².